The summed E-state index contributed by atoms with van der Waals surface area (Å²) in [5, 5.41) is 3.05. The van der Waals surface area contributed by atoms with Crippen LogP contribution in [0, 0.1) is 0 Å². The number of ether oxygens (including phenoxy) is 1. The van der Waals surface area contributed by atoms with E-state index in [9.17, 15) is 9.59 Å². The maximum atomic E-state index is 13.4. The van der Waals surface area contributed by atoms with Crippen molar-refractivity contribution in [2.75, 3.05) is 7.11 Å². The highest BCUT2D eigenvalue weighted by Gasteiger charge is 2.29. The zero-order valence-corrected chi connectivity index (χ0v) is 19.4. The van der Waals surface area contributed by atoms with E-state index in [0.29, 0.717) is 25.9 Å². The van der Waals surface area contributed by atoms with Crippen LogP contribution in [0.3, 0.4) is 0 Å². The largest absolute Gasteiger partial charge is 0.497 e. The fraction of sp³-hybridized carbons (Fsp3) is 0.286. The van der Waals surface area contributed by atoms with Gasteiger partial charge in [0.25, 0.3) is 0 Å². The van der Waals surface area contributed by atoms with E-state index in [1.54, 1.807) is 12.0 Å². The fourth-order valence-corrected chi connectivity index (χ4v) is 3.74. The number of methoxy groups -OCH3 is 1. The van der Waals surface area contributed by atoms with Crippen LogP contribution >= 0.6 is 0 Å². The SMILES string of the molecule is CCCC(=O)N(Cc1ccc(OC)cc1)[C@@H](Cc1ccccc1)C(=O)NCc1ccccc1. The lowest BCUT2D eigenvalue weighted by Crippen LogP contribution is -2.50. The van der Waals surface area contributed by atoms with E-state index in [1.165, 1.54) is 0 Å². The Bertz CT molecular complexity index is 1000. The second-order valence-corrected chi connectivity index (χ2v) is 8.03. The van der Waals surface area contributed by atoms with Crippen LogP contribution in [0.4, 0.5) is 0 Å². The number of benzene rings is 3. The van der Waals surface area contributed by atoms with E-state index < -0.39 is 6.04 Å². The van der Waals surface area contributed by atoms with Crippen molar-refractivity contribution in [3.63, 3.8) is 0 Å². The molecular weight excluding hydrogens is 412 g/mol. The number of hydrogen-bond donors (Lipinski definition) is 1. The Hall–Kier alpha value is -3.60. The number of nitrogens with one attached hydrogen (secondary N) is 1. The molecule has 1 atom stereocenters. The highest BCUT2D eigenvalue weighted by Crippen LogP contribution is 2.18. The van der Waals surface area contributed by atoms with E-state index in [4.69, 9.17) is 4.74 Å². The summed E-state index contributed by atoms with van der Waals surface area (Å²) in [6.45, 7) is 2.76. The monoisotopic (exact) mass is 444 g/mol. The van der Waals surface area contributed by atoms with Gasteiger partial charge >= 0.3 is 0 Å². The number of hydrogen-bond acceptors (Lipinski definition) is 3. The Kier molecular flexibility index (Phi) is 9.07. The molecular formula is C28H32N2O3. The maximum Gasteiger partial charge on any atom is 0.243 e. The summed E-state index contributed by atoms with van der Waals surface area (Å²) >= 11 is 0. The summed E-state index contributed by atoms with van der Waals surface area (Å²) in [4.78, 5) is 28.4. The third-order valence-electron chi connectivity index (χ3n) is 5.56. The van der Waals surface area contributed by atoms with Crippen LogP contribution in [0.25, 0.3) is 0 Å². The molecule has 0 spiro atoms. The molecule has 1 N–H and O–H groups in total. The average molecular weight is 445 g/mol. The molecule has 0 radical (unpaired) electrons. The van der Waals surface area contributed by atoms with Gasteiger partial charge in [-0.1, -0.05) is 79.7 Å². The maximum absolute atomic E-state index is 13.4. The molecule has 5 heteroatoms. The Labute approximate surface area is 196 Å². The highest BCUT2D eigenvalue weighted by molar-refractivity contribution is 5.88. The van der Waals surface area contributed by atoms with Crippen LogP contribution in [0.15, 0.2) is 84.9 Å². The van der Waals surface area contributed by atoms with Crippen molar-refractivity contribution in [1.82, 2.24) is 10.2 Å². The molecule has 0 unspecified atom stereocenters. The van der Waals surface area contributed by atoms with Gasteiger partial charge in [0.1, 0.15) is 11.8 Å². The molecule has 0 saturated heterocycles. The molecule has 0 aliphatic rings. The normalized spacial score (nSPS) is 11.5. The van der Waals surface area contributed by atoms with Crippen LogP contribution < -0.4 is 10.1 Å². The van der Waals surface area contributed by atoms with Gasteiger partial charge in [-0.2, -0.15) is 0 Å². The van der Waals surface area contributed by atoms with E-state index in [0.717, 1.165) is 28.9 Å². The molecule has 0 saturated carbocycles. The minimum atomic E-state index is -0.614. The first-order valence-electron chi connectivity index (χ1n) is 11.4. The Morgan fingerprint density at radius 2 is 1.45 bits per heavy atom. The molecule has 172 valence electrons. The van der Waals surface area contributed by atoms with Gasteiger partial charge in [0.15, 0.2) is 0 Å². The Morgan fingerprint density at radius 3 is 2.03 bits per heavy atom. The average Bonchev–Trinajstić information content (AvgIpc) is 2.86. The van der Waals surface area contributed by atoms with Crippen molar-refractivity contribution in [3.05, 3.63) is 102 Å². The summed E-state index contributed by atoms with van der Waals surface area (Å²) in [5.74, 6) is 0.580. The molecule has 0 aromatic heterocycles. The molecule has 3 aromatic carbocycles. The number of rotatable bonds is 11. The Balaban J connectivity index is 1.87. The molecule has 0 aliphatic carbocycles. The molecule has 0 aliphatic heterocycles. The molecule has 3 rings (SSSR count). The quantitative estimate of drug-likeness (QED) is 0.464. The van der Waals surface area contributed by atoms with E-state index >= 15 is 0 Å². The summed E-state index contributed by atoms with van der Waals surface area (Å²) in [6, 6.07) is 26.7. The van der Waals surface area contributed by atoms with Crippen molar-refractivity contribution in [2.24, 2.45) is 0 Å². The van der Waals surface area contributed by atoms with Crippen molar-refractivity contribution < 1.29 is 14.3 Å². The summed E-state index contributed by atoms with van der Waals surface area (Å²) in [5.41, 5.74) is 2.99. The predicted octanol–water partition coefficient (Wildman–Crippen LogP) is 4.75. The molecule has 3 aromatic rings. The number of amides is 2. The standard InChI is InChI=1S/C28H32N2O3/c1-3-10-27(31)30(21-24-15-17-25(33-2)18-16-24)26(19-22-11-6-4-7-12-22)28(32)29-20-23-13-8-5-9-14-23/h4-9,11-18,26H,3,10,19-21H2,1-2H3,(H,29,32)/t26-/m0/s1. The van der Waals surface area contributed by atoms with Crippen LogP contribution in [-0.4, -0.2) is 29.9 Å². The third-order valence-corrected chi connectivity index (χ3v) is 5.56. The summed E-state index contributed by atoms with van der Waals surface area (Å²) in [7, 11) is 1.62. The van der Waals surface area contributed by atoms with Gasteiger partial charge in [-0.15, -0.1) is 0 Å². The predicted molar refractivity (Wildman–Crippen MR) is 131 cm³/mol. The first kappa shape index (κ1) is 24.1. The zero-order valence-electron chi connectivity index (χ0n) is 19.4. The minimum Gasteiger partial charge on any atom is -0.497 e. The number of carbonyl (C=O) groups is 2. The molecule has 0 fully saturated rings. The van der Waals surface area contributed by atoms with Gasteiger partial charge < -0.3 is 15.0 Å². The second kappa shape index (κ2) is 12.4. The van der Waals surface area contributed by atoms with E-state index in [2.05, 4.69) is 5.32 Å². The lowest BCUT2D eigenvalue weighted by molar-refractivity contribution is -0.141. The third kappa shape index (κ3) is 7.21. The van der Waals surface area contributed by atoms with Crippen molar-refractivity contribution in [2.45, 2.75) is 45.3 Å². The van der Waals surface area contributed by atoms with Gasteiger partial charge in [0, 0.05) is 25.9 Å². The van der Waals surface area contributed by atoms with Crippen molar-refractivity contribution in [1.29, 1.82) is 0 Å². The smallest absolute Gasteiger partial charge is 0.243 e. The zero-order chi connectivity index (χ0) is 23.5. The van der Waals surface area contributed by atoms with Gasteiger partial charge in [-0.05, 0) is 35.2 Å². The van der Waals surface area contributed by atoms with E-state index in [1.807, 2.05) is 91.9 Å². The van der Waals surface area contributed by atoms with Gasteiger partial charge in [-0.3, -0.25) is 9.59 Å². The number of nitrogens with zero attached hydrogens (tertiary/aromatic N) is 1. The summed E-state index contributed by atoms with van der Waals surface area (Å²) in [6.07, 6.45) is 1.57. The van der Waals surface area contributed by atoms with Crippen LogP contribution in [0.1, 0.15) is 36.5 Å². The first-order chi connectivity index (χ1) is 16.1. The minimum absolute atomic E-state index is 0.0240. The fourth-order valence-electron chi connectivity index (χ4n) is 3.74. The highest BCUT2D eigenvalue weighted by atomic mass is 16.5. The number of carbonyl (C=O) groups excluding carboxylic acids is 2. The van der Waals surface area contributed by atoms with E-state index in [-0.39, 0.29) is 11.8 Å². The van der Waals surface area contributed by atoms with Gasteiger partial charge in [0.05, 0.1) is 7.11 Å². The molecule has 0 bridgehead atoms. The van der Waals surface area contributed by atoms with Gasteiger partial charge in [-0.25, -0.2) is 0 Å². The van der Waals surface area contributed by atoms with Crippen molar-refractivity contribution in [3.8, 4) is 5.75 Å². The van der Waals surface area contributed by atoms with Crippen LogP contribution in [0.2, 0.25) is 0 Å². The Morgan fingerprint density at radius 1 is 0.848 bits per heavy atom. The first-order valence-corrected chi connectivity index (χ1v) is 11.4. The second-order valence-electron chi connectivity index (χ2n) is 8.03. The summed E-state index contributed by atoms with van der Waals surface area (Å²) < 4.78 is 5.25. The lowest BCUT2D eigenvalue weighted by atomic mass is 10.0. The molecule has 5 nitrogen and oxygen atoms in total. The topological polar surface area (TPSA) is 58.6 Å². The molecule has 2 amide bonds. The molecule has 0 heterocycles. The molecule has 33 heavy (non-hydrogen) atoms. The van der Waals surface area contributed by atoms with Crippen molar-refractivity contribution >= 4 is 11.8 Å². The van der Waals surface area contributed by atoms with Crippen LogP contribution in [0.5, 0.6) is 5.75 Å². The van der Waals surface area contributed by atoms with Crippen LogP contribution in [-0.2, 0) is 29.1 Å². The lowest BCUT2D eigenvalue weighted by Gasteiger charge is -2.31. The van der Waals surface area contributed by atoms with Gasteiger partial charge in [0.2, 0.25) is 11.8 Å².